The summed E-state index contributed by atoms with van der Waals surface area (Å²) < 4.78 is 5.27. The largest absolute Gasteiger partial charge is 0.494 e. The number of rotatable bonds is 6. The van der Waals surface area contributed by atoms with E-state index in [1.54, 1.807) is 13.3 Å². The number of ether oxygens (including phenoxy) is 1. The van der Waals surface area contributed by atoms with Crippen LogP contribution < -0.4 is 10.1 Å². The molecule has 0 atom stereocenters. The van der Waals surface area contributed by atoms with E-state index in [0.29, 0.717) is 0 Å². The summed E-state index contributed by atoms with van der Waals surface area (Å²) in [6.45, 7) is 6.19. The third kappa shape index (κ3) is 3.66. The molecule has 0 bridgehead atoms. The molecule has 0 saturated carbocycles. The Balaban J connectivity index is 2.67. The Kier molecular flexibility index (Phi) is 5.57. The van der Waals surface area contributed by atoms with Crippen LogP contribution in [-0.4, -0.2) is 25.2 Å². The molecule has 1 rings (SSSR count). The molecule has 0 aliphatic rings. The molecule has 3 heteroatoms. The highest BCUT2D eigenvalue weighted by Gasteiger charge is 2.04. The summed E-state index contributed by atoms with van der Waals surface area (Å²) in [5, 5.41) is 3.29. The monoisotopic (exact) mass is 220 g/mol. The minimum absolute atomic E-state index is 0.833. The van der Waals surface area contributed by atoms with Gasteiger partial charge < -0.3 is 10.1 Å². The molecule has 0 aliphatic heterocycles. The Hall–Kier alpha value is -1.35. The van der Waals surface area contributed by atoms with Gasteiger partial charge in [-0.2, -0.15) is 0 Å². The molecule has 3 nitrogen and oxygen atoms in total. The van der Waals surface area contributed by atoms with E-state index < -0.39 is 0 Å². The molecular weight excluding hydrogens is 200 g/mol. The second-order valence-corrected chi connectivity index (χ2v) is 3.58. The van der Waals surface area contributed by atoms with E-state index in [1.165, 1.54) is 0 Å². The highest BCUT2D eigenvalue weighted by Crippen LogP contribution is 2.22. The van der Waals surface area contributed by atoms with Crippen molar-refractivity contribution >= 4 is 5.57 Å². The van der Waals surface area contributed by atoms with E-state index in [-0.39, 0.29) is 0 Å². The van der Waals surface area contributed by atoms with E-state index in [9.17, 15) is 0 Å². The van der Waals surface area contributed by atoms with Gasteiger partial charge >= 0.3 is 0 Å². The predicted molar refractivity (Wildman–Crippen MR) is 67.6 cm³/mol. The van der Waals surface area contributed by atoms with Crippen molar-refractivity contribution in [3.63, 3.8) is 0 Å². The van der Waals surface area contributed by atoms with Gasteiger partial charge in [0.25, 0.3) is 0 Å². The lowest BCUT2D eigenvalue weighted by Gasteiger charge is -2.07. The maximum atomic E-state index is 5.27. The van der Waals surface area contributed by atoms with E-state index in [2.05, 4.69) is 30.2 Å². The van der Waals surface area contributed by atoms with Gasteiger partial charge in [-0.1, -0.05) is 13.0 Å². The number of nitrogens with one attached hydrogen (secondary N) is 1. The van der Waals surface area contributed by atoms with Crippen molar-refractivity contribution in [1.82, 2.24) is 10.3 Å². The van der Waals surface area contributed by atoms with Crippen LogP contribution >= 0.6 is 0 Å². The van der Waals surface area contributed by atoms with Crippen LogP contribution in [0.5, 0.6) is 5.75 Å². The molecule has 0 radical (unpaired) electrons. The number of aromatic nitrogens is 1. The van der Waals surface area contributed by atoms with E-state index in [4.69, 9.17) is 4.74 Å². The van der Waals surface area contributed by atoms with Crippen LogP contribution in [0.1, 0.15) is 26.0 Å². The molecule has 1 N–H and O–H groups in total. The summed E-state index contributed by atoms with van der Waals surface area (Å²) in [4.78, 5) is 4.33. The standard InChI is InChI=1S/C13H20N2O/c1-4-14-9-5-7-11(2)13-12(16-3)8-6-10-15-13/h6-8,10,14H,4-5,9H2,1-3H3/b11-7-. The van der Waals surface area contributed by atoms with Crippen LogP contribution in [0.2, 0.25) is 0 Å². The zero-order chi connectivity index (χ0) is 11.8. The molecule has 1 aromatic heterocycles. The first-order chi connectivity index (χ1) is 7.79. The number of allylic oxidation sites excluding steroid dienone is 1. The summed E-state index contributed by atoms with van der Waals surface area (Å²) in [6.07, 6.45) is 4.99. The van der Waals surface area contributed by atoms with Gasteiger partial charge in [-0.15, -0.1) is 0 Å². The number of nitrogens with zero attached hydrogens (tertiary/aromatic N) is 1. The minimum Gasteiger partial charge on any atom is -0.494 e. The van der Waals surface area contributed by atoms with Gasteiger partial charge in [0, 0.05) is 6.20 Å². The summed E-state index contributed by atoms with van der Waals surface area (Å²) in [6, 6.07) is 3.82. The first kappa shape index (κ1) is 12.7. The third-order valence-corrected chi connectivity index (χ3v) is 2.39. The van der Waals surface area contributed by atoms with Gasteiger partial charge in [-0.3, -0.25) is 4.98 Å². The van der Waals surface area contributed by atoms with E-state index in [0.717, 1.165) is 36.5 Å². The van der Waals surface area contributed by atoms with Crippen LogP contribution in [0, 0.1) is 0 Å². The fraction of sp³-hybridized carbons (Fsp3) is 0.462. The van der Waals surface area contributed by atoms with Gasteiger partial charge in [0.15, 0.2) is 0 Å². The van der Waals surface area contributed by atoms with Crippen LogP contribution in [0.3, 0.4) is 0 Å². The van der Waals surface area contributed by atoms with Crippen molar-refractivity contribution < 1.29 is 4.74 Å². The summed E-state index contributed by atoms with van der Waals surface area (Å²) in [7, 11) is 1.67. The molecule has 88 valence electrons. The Morgan fingerprint density at radius 2 is 2.38 bits per heavy atom. The number of hydrogen-bond acceptors (Lipinski definition) is 3. The van der Waals surface area contributed by atoms with E-state index >= 15 is 0 Å². The summed E-state index contributed by atoms with van der Waals surface area (Å²) >= 11 is 0. The van der Waals surface area contributed by atoms with Crippen molar-refractivity contribution in [2.45, 2.75) is 20.3 Å². The third-order valence-electron chi connectivity index (χ3n) is 2.39. The molecule has 1 heterocycles. The van der Waals surface area contributed by atoms with Crippen LogP contribution in [0.15, 0.2) is 24.4 Å². The molecule has 16 heavy (non-hydrogen) atoms. The first-order valence-electron chi connectivity index (χ1n) is 5.66. The molecule has 0 fully saturated rings. The van der Waals surface area contributed by atoms with Gasteiger partial charge in [0.05, 0.1) is 7.11 Å². The molecule has 1 aromatic rings. The Labute approximate surface area is 97.5 Å². The second-order valence-electron chi connectivity index (χ2n) is 3.58. The Bertz CT molecular complexity index is 348. The molecular formula is C13H20N2O. The van der Waals surface area contributed by atoms with Crippen LogP contribution in [0.25, 0.3) is 5.57 Å². The van der Waals surface area contributed by atoms with Crippen LogP contribution in [0.4, 0.5) is 0 Å². The zero-order valence-corrected chi connectivity index (χ0v) is 10.3. The lowest BCUT2D eigenvalue weighted by Crippen LogP contribution is -2.13. The van der Waals surface area contributed by atoms with Crippen molar-refractivity contribution in [2.24, 2.45) is 0 Å². The SMILES string of the molecule is CCNCC/C=C(/C)c1ncccc1OC. The highest BCUT2D eigenvalue weighted by atomic mass is 16.5. The van der Waals surface area contributed by atoms with Crippen molar-refractivity contribution in [2.75, 3.05) is 20.2 Å². The van der Waals surface area contributed by atoms with Gasteiger partial charge in [0.2, 0.25) is 0 Å². The summed E-state index contributed by atoms with van der Waals surface area (Å²) in [5.41, 5.74) is 2.09. The average Bonchev–Trinajstić information content (AvgIpc) is 2.34. The fourth-order valence-electron chi connectivity index (χ4n) is 1.52. The molecule has 0 spiro atoms. The molecule has 0 amide bonds. The lowest BCUT2D eigenvalue weighted by atomic mass is 10.1. The normalized spacial score (nSPS) is 11.6. The topological polar surface area (TPSA) is 34.2 Å². The number of pyridine rings is 1. The van der Waals surface area contributed by atoms with Crippen LogP contribution in [-0.2, 0) is 0 Å². The minimum atomic E-state index is 0.833. The van der Waals surface area contributed by atoms with Gasteiger partial charge in [0.1, 0.15) is 11.4 Å². The maximum absolute atomic E-state index is 5.27. The fourth-order valence-corrected chi connectivity index (χ4v) is 1.52. The first-order valence-corrected chi connectivity index (χ1v) is 5.66. The number of hydrogen-bond donors (Lipinski definition) is 1. The molecule has 0 aliphatic carbocycles. The zero-order valence-electron chi connectivity index (χ0n) is 10.3. The van der Waals surface area contributed by atoms with E-state index in [1.807, 2.05) is 12.1 Å². The smallest absolute Gasteiger partial charge is 0.144 e. The molecule has 0 aromatic carbocycles. The average molecular weight is 220 g/mol. The second kappa shape index (κ2) is 7.01. The lowest BCUT2D eigenvalue weighted by molar-refractivity contribution is 0.411. The van der Waals surface area contributed by atoms with Gasteiger partial charge in [-0.05, 0) is 44.1 Å². The Morgan fingerprint density at radius 3 is 3.06 bits per heavy atom. The molecule has 0 saturated heterocycles. The quantitative estimate of drug-likeness (QED) is 0.748. The van der Waals surface area contributed by atoms with Crippen molar-refractivity contribution in [3.8, 4) is 5.75 Å². The van der Waals surface area contributed by atoms with Crippen molar-refractivity contribution in [1.29, 1.82) is 0 Å². The predicted octanol–water partition coefficient (Wildman–Crippen LogP) is 2.49. The highest BCUT2D eigenvalue weighted by molar-refractivity contribution is 5.65. The van der Waals surface area contributed by atoms with Crippen molar-refractivity contribution in [3.05, 3.63) is 30.1 Å². The Morgan fingerprint density at radius 1 is 1.56 bits per heavy atom. The molecule has 0 unspecified atom stereocenters. The summed E-state index contributed by atoms with van der Waals surface area (Å²) in [5.74, 6) is 0.833. The number of methoxy groups -OCH3 is 1. The maximum Gasteiger partial charge on any atom is 0.144 e. The van der Waals surface area contributed by atoms with Gasteiger partial charge in [-0.25, -0.2) is 0 Å².